The molecule has 4 heteroatoms. The van der Waals surface area contributed by atoms with Gasteiger partial charge in [0, 0.05) is 19.0 Å². The molecule has 0 aliphatic carbocycles. The van der Waals surface area contributed by atoms with Crippen molar-refractivity contribution in [2.24, 2.45) is 5.92 Å². The predicted molar refractivity (Wildman–Crippen MR) is 85.2 cm³/mol. The van der Waals surface area contributed by atoms with Gasteiger partial charge >= 0.3 is 0 Å². The van der Waals surface area contributed by atoms with E-state index < -0.39 is 0 Å². The number of piperidine rings is 1. The van der Waals surface area contributed by atoms with E-state index in [0.29, 0.717) is 5.92 Å². The van der Waals surface area contributed by atoms with Crippen LogP contribution < -0.4 is 4.74 Å². The minimum atomic E-state index is -0.184. The molecule has 1 aliphatic rings. The zero-order valence-corrected chi connectivity index (χ0v) is 14.1. The maximum absolute atomic E-state index is 10.1. The number of aliphatic hydroxyl groups is 1. The summed E-state index contributed by atoms with van der Waals surface area (Å²) in [6.45, 7) is 5.99. The Morgan fingerprint density at radius 2 is 2.20 bits per heavy atom. The van der Waals surface area contributed by atoms with Gasteiger partial charge < -0.3 is 14.7 Å². The van der Waals surface area contributed by atoms with E-state index in [4.69, 9.17) is 4.74 Å². The quantitative estimate of drug-likeness (QED) is 0.913. The van der Waals surface area contributed by atoms with E-state index in [-0.39, 0.29) is 12.2 Å². The van der Waals surface area contributed by atoms with Crippen molar-refractivity contribution < 1.29 is 9.84 Å². The molecule has 1 N–H and O–H groups in total. The molecule has 2 rings (SSSR count). The minimum Gasteiger partial charge on any atom is -0.490 e. The number of hydrogen-bond acceptors (Lipinski definition) is 3. The molecular formula is C16H24BrNO2. The third kappa shape index (κ3) is 4.21. The molecule has 0 amide bonds. The van der Waals surface area contributed by atoms with Crippen LogP contribution in [-0.4, -0.2) is 42.4 Å². The molecule has 1 saturated heterocycles. The average Bonchev–Trinajstić information content (AvgIpc) is 2.37. The number of halogens is 1. The Morgan fingerprint density at radius 1 is 1.45 bits per heavy atom. The maximum atomic E-state index is 10.1. The number of hydrogen-bond donors (Lipinski definition) is 1. The summed E-state index contributed by atoms with van der Waals surface area (Å²) in [4.78, 5) is 2.29. The fourth-order valence-electron chi connectivity index (χ4n) is 2.73. The molecule has 0 bridgehead atoms. The van der Waals surface area contributed by atoms with Crippen molar-refractivity contribution in [3.8, 4) is 5.75 Å². The lowest BCUT2D eigenvalue weighted by molar-refractivity contribution is 0.0366. The molecule has 0 saturated carbocycles. The van der Waals surface area contributed by atoms with E-state index in [9.17, 15) is 5.11 Å². The number of likely N-dealkylation sites (tertiary alicyclic amines) is 1. The highest BCUT2D eigenvalue weighted by Crippen LogP contribution is 2.29. The van der Waals surface area contributed by atoms with Gasteiger partial charge in [-0.25, -0.2) is 0 Å². The Kier molecular flexibility index (Phi) is 5.47. The standard InChI is InChI=1S/C16H24BrNO2/c1-11(2)20-16-5-4-12(9-14(16)17)8-13-10-18(3)7-6-15(13)19/h4-5,9,11,13,15,19H,6-8,10H2,1-3H3. The Hall–Kier alpha value is -0.580. The molecule has 3 nitrogen and oxygen atoms in total. The molecule has 1 aliphatic heterocycles. The molecule has 0 aromatic heterocycles. The predicted octanol–water partition coefficient (Wildman–Crippen LogP) is 3.09. The number of nitrogens with zero attached hydrogens (tertiary/aromatic N) is 1. The van der Waals surface area contributed by atoms with E-state index >= 15 is 0 Å². The molecule has 20 heavy (non-hydrogen) atoms. The van der Waals surface area contributed by atoms with Crippen LogP contribution in [0.5, 0.6) is 5.75 Å². The minimum absolute atomic E-state index is 0.172. The van der Waals surface area contributed by atoms with E-state index in [0.717, 1.165) is 36.2 Å². The molecule has 112 valence electrons. The van der Waals surface area contributed by atoms with Crippen molar-refractivity contribution >= 4 is 15.9 Å². The summed E-state index contributed by atoms with van der Waals surface area (Å²) in [5, 5.41) is 10.1. The number of rotatable bonds is 4. The highest BCUT2D eigenvalue weighted by atomic mass is 79.9. The Bertz CT molecular complexity index is 450. The summed E-state index contributed by atoms with van der Waals surface area (Å²) >= 11 is 3.57. The van der Waals surface area contributed by atoms with Crippen LogP contribution in [0.1, 0.15) is 25.8 Å². The zero-order valence-electron chi connectivity index (χ0n) is 12.5. The number of aliphatic hydroxyl groups excluding tert-OH is 1. The monoisotopic (exact) mass is 341 g/mol. The Labute approximate surface area is 130 Å². The second kappa shape index (κ2) is 6.92. The summed E-state index contributed by atoms with van der Waals surface area (Å²) in [5.74, 6) is 1.20. The SMILES string of the molecule is CC(C)Oc1ccc(CC2CN(C)CCC2O)cc1Br. The van der Waals surface area contributed by atoms with Crippen molar-refractivity contribution in [3.63, 3.8) is 0 Å². The van der Waals surface area contributed by atoms with Gasteiger partial charge in [-0.3, -0.25) is 0 Å². The van der Waals surface area contributed by atoms with Crippen molar-refractivity contribution in [3.05, 3.63) is 28.2 Å². The first kappa shape index (κ1) is 15.8. The van der Waals surface area contributed by atoms with Crippen LogP contribution in [0, 0.1) is 5.92 Å². The summed E-state index contributed by atoms with van der Waals surface area (Å²) < 4.78 is 6.71. The highest BCUT2D eigenvalue weighted by molar-refractivity contribution is 9.10. The first-order valence-corrected chi connectivity index (χ1v) is 8.06. The van der Waals surface area contributed by atoms with Gasteiger partial charge in [-0.05, 0) is 67.4 Å². The van der Waals surface area contributed by atoms with Gasteiger partial charge in [0.05, 0.1) is 16.7 Å². The van der Waals surface area contributed by atoms with Gasteiger partial charge in [0.1, 0.15) is 5.75 Å². The summed E-state index contributed by atoms with van der Waals surface area (Å²) in [6, 6.07) is 6.22. The zero-order chi connectivity index (χ0) is 14.7. The lowest BCUT2D eigenvalue weighted by Crippen LogP contribution is -2.41. The molecule has 1 aromatic carbocycles. The number of benzene rings is 1. The molecule has 0 spiro atoms. The van der Waals surface area contributed by atoms with Gasteiger partial charge in [0.25, 0.3) is 0 Å². The van der Waals surface area contributed by atoms with Crippen LogP contribution >= 0.6 is 15.9 Å². The molecule has 1 fully saturated rings. The normalized spacial score (nSPS) is 24.1. The molecular weight excluding hydrogens is 318 g/mol. The van der Waals surface area contributed by atoms with E-state index in [1.54, 1.807) is 0 Å². The van der Waals surface area contributed by atoms with Crippen molar-refractivity contribution in [2.45, 2.75) is 38.9 Å². The Balaban J connectivity index is 2.04. The van der Waals surface area contributed by atoms with Gasteiger partial charge in [-0.2, -0.15) is 0 Å². The van der Waals surface area contributed by atoms with Gasteiger partial charge in [0.15, 0.2) is 0 Å². The topological polar surface area (TPSA) is 32.7 Å². The smallest absolute Gasteiger partial charge is 0.133 e. The second-order valence-electron chi connectivity index (χ2n) is 6.01. The summed E-state index contributed by atoms with van der Waals surface area (Å²) in [5.41, 5.74) is 1.24. The third-order valence-corrected chi connectivity index (χ3v) is 4.37. The van der Waals surface area contributed by atoms with Crippen molar-refractivity contribution in [1.29, 1.82) is 0 Å². The molecule has 1 heterocycles. The second-order valence-corrected chi connectivity index (χ2v) is 6.87. The van der Waals surface area contributed by atoms with Crippen LogP contribution in [0.15, 0.2) is 22.7 Å². The van der Waals surface area contributed by atoms with Crippen LogP contribution in [0.3, 0.4) is 0 Å². The summed E-state index contributed by atoms with van der Waals surface area (Å²) in [7, 11) is 2.12. The van der Waals surface area contributed by atoms with Crippen LogP contribution in [0.2, 0.25) is 0 Å². The third-order valence-electron chi connectivity index (χ3n) is 3.75. The van der Waals surface area contributed by atoms with Gasteiger partial charge in [-0.1, -0.05) is 6.07 Å². The molecule has 2 atom stereocenters. The fourth-order valence-corrected chi connectivity index (χ4v) is 3.25. The maximum Gasteiger partial charge on any atom is 0.133 e. The van der Waals surface area contributed by atoms with Gasteiger partial charge in [0.2, 0.25) is 0 Å². The average molecular weight is 342 g/mol. The molecule has 2 unspecified atom stereocenters. The van der Waals surface area contributed by atoms with E-state index in [2.05, 4.69) is 40.0 Å². The Morgan fingerprint density at radius 3 is 2.85 bits per heavy atom. The van der Waals surface area contributed by atoms with E-state index in [1.165, 1.54) is 5.56 Å². The molecule has 1 aromatic rings. The lowest BCUT2D eigenvalue weighted by atomic mass is 9.89. The summed E-state index contributed by atoms with van der Waals surface area (Å²) in [6.07, 6.45) is 1.77. The number of ether oxygens (including phenoxy) is 1. The first-order valence-electron chi connectivity index (χ1n) is 7.27. The molecule has 0 radical (unpaired) electrons. The van der Waals surface area contributed by atoms with E-state index in [1.807, 2.05) is 19.9 Å². The largest absolute Gasteiger partial charge is 0.490 e. The van der Waals surface area contributed by atoms with Crippen LogP contribution in [0.4, 0.5) is 0 Å². The highest BCUT2D eigenvalue weighted by Gasteiger charge is 2.26. The lowest BCUT2D eigenvalue weighted by Gasteiger charge is -2.34. The fraction of sp³-hybridized carbons (Fsp3) is 0.625. The van der Waals surface area contributed by atoms with Crippen LogP contribution in [-0.2, 0) is 6.42 Å². The van der Waals surface area contributed by atoms with Crippen LogP contribution in [0.25, 0.3) is 0 Å². The van der Waals surface area contributed by atoms with Crippen molar-refractivity contribution in [2.75, 3.05) is 20.1 Å². The first-order chi connectivity index (χ1) is 9.45. The van der Waals surface area contributed by atoms with Crippen molar-refractivity contribution in [1.82, 2.24) is 4.90 Å². The van der Waals surface area contributed by atoms with Gasteiger partial charge in [-0.15, -0.1) is 0 Å².